The number of carbonyl (C=O) groups excluding carboxylic acids is 2. The summed E-state index contributed by atoms with van der Waals surface area (Å²) in [5.41, 5.74) is 2.26. The third-order valence-corrected chi connectivity index (χ3v) is 7.42. The highest BCUT2D eigenvalue weighted by Crippen LogP contribution is 2.28. The molecular weight excluding hydrogens is 470 g/mol. The second kappa shape index (κ2) is 12.6. The summed E-state index contributed by atoms with van der Waals surface area (Å²) in [5.74, 6) is 0.0615. The minimum Gasteiger partial charge on any atom is -0.490 e. The number of nitrogens with one attached hydrogen (secondary N) is 2. The molecule has 1 aliphatic heterocycles. The average Bonchev–Trinajstić information content (AvgIpc) is 2.92. The molecule has 2 amide bonds. The standard InChI is InChI=1S/C29H37N3O5/c1-20-14-18-32(19-15-20)24-8-2-21(3-9-24)27(33)30-16-17-31-28(34)22-4-10-25(11-5-22)37-26-12-6-23(7-13-26)29(35)36/h2-5,8-11,20,23,26H,6-7,12-19H2,1H3,(H,30,33)(H,31,34)(H,35,36)/t23-,26+. The number of piperidine rings is 1. The van der Waals surface area contributed by atoms with E-state index in [1.807, 2.05) is 24.3 Å². The second-order valence-electron chi connectivity index (χ2n) is 10.2. The third-order valence-electron chi connectivity index (χ3n) is 7.42. The van der Waals surface area contributed by atoms with Crippen LogP contribution >= 0.6 is 0 Å². The van der Waals surface area contributed by atoms with Crippen molar-refractivity contribution in [1.29, 1.82) is 0 Å². The molecule has 0 aromatic heterocycles. The molecule has 3 N–H and O–H groups in total. The lowest BCUT2D eigenvalue weighted by molar-refractivity contribution is -0.143. The first-order chi connectivity index (χ1) is 17.9. The van der Waals surface area contributed by atoms with Crippen LogP contribution in [0.25, 0.3) is 0 Å². The van der Waals surface area contributed by atoms with E-state index in [-0.39, 0.29) is 23.8 Å². The smallest absolute Gasteiger partial charge is 0.306 e. The van der Waals surface area contributed by atoms with Crippen molar-refractivity contribution >= 4 is 23.5 Å². The predicted octanol–water partition coefficient (Wildman–Crippen LogP) is 4.10. The molecular formula is C29H37N3O5. The van der Waals surface area contributed by atoms with Gasteiger partial charge in [0.15, 0.2) is 0 Å². The third kappa shape index (κ3) is 7.47. The molecule has 0 unspecified atom stereocenters. The number of benzene rings is 2. The minimum atomic E-state index is -0.731. The molecule has 198 valence electrons. The summed E-state index contributed by atoms with van der Waals surface area (Å²) in [5, 5.41) is 14.8. The molecule has 0 spiro atoms. The summed E-state index contributed by atoms with van der Waals surface area (Å²) in [6, 6.07) is 14.6. The quantitative estimate of drug-likeness (QED) is 0.441. The Morgan fingerprint density at radius 3 is 1.84 bits per heavy atom. The molecule has 8 heteroatoms. The molecule has 0 atom stereocenters. The SMILES string of the molecule is CC1CCN(c2ccc(C(=O)NCCNC(=O)c3ccc(O[C@H]4CC[C@@H](C(=O)O)CC4)cc3)cc2)CC1. The number of hydrogen-bond acceptors (Lipinski definition) is 5. The van der Waals surface area contributed by atoms with Crippen molar-refractivity contribution in [2.24, 2.45) is 11.8 Å². The monoisotopic (exact) mass is 507 g/mol. The van der Waals surface area contributed by atoms with Crippen molar-refractivity contribution in [1.82, 2.24) is 10.6 Å². The van der Waals surface area contributed by atoms with Crippen LogP contribution in [0.4, 0.5) is 5.69 Å². The number of carbonyl (C=O) groups is 3. The van der Waals surface area contributed by atoms with Gasteiger partial charge in [0, 0.05) is 43.0 Å². The number of carboxylic acid groups (broad SMARTS) is 1. The van der Waals surface area contributed by atoms with Crippen LogP contribution in [0.1, 0.15) is 66.2 Å². The van der Waals surface area contributed by atoms with E-state index >= 15 is 0 Å². The van der Waals surface area contributed by atoms with Gasteiger partial charge in [-0.2, -0.15) is 0 Å². The van der Waals surface area contributed by atoms with Gasteiger partial charge in [0.25, 0.3) is 11.8 Å². The van der Waals surface area contributed by atoms with Crippen molar-refractivity contribution in [3.05, 3.63) is 59.7 Å². The molecule has 2 aromatic rings. The zero-order valence-electron chi connectivity index (χ0n) is 21.4. The fourth-order valence-electron chi connectivity index (χ4n) is 4.95. The Labute approximate surface area is 218 Å². The van der Waals surface area contributed by atoms with Gasteiger partial charge in [-0.05, 0) is 93.0 Å². The average molecular weight is 508 g/mol. The van der Waals surface area contributed by atoms with Crippen molar-refractivity contribution in [2.75, 3.05) is 31.1 Å². The first kappa shape index (κ1) is 26.5. The summed E-state index contributed by atoms with van der Waals surface area (Å²) in [7, 11) is 0. The van der Waals surface area contributed by atoms with Gasteiger partial charge in [0.1, 0.15) is 5.75 Å². The van der Waals surface area contributed by atoms with E-state index in [9.17, 15) is 14.4 Å². The Morgan fingerprint density at radius 1 is 0.811 bits per heavy atom. The van der Waals surface area contributed by atoms with Gasteiger partial charge >= 0.3 is 5.97 Å². The van der Waals surface area contributed by atoms with E-state index in [1.54, 1.807) is 24.3 Å². The minimum absolute atomic E-state index is 0.00340. The maximum absolute atomic E-state index is 12.5. The normalized spacial score (nSPS) is 20.2. The molecule has 1 heterocycles. The molecule has 2 aliphatic rings. The largest absolute Gasteiger partial charge is 0.490 e. The van der Waals surface area contributed by atoms with Gasteiger partial charge in [0.05, 0.1) is 12.0 Å². The summed E-state index contributed by atoms with van der Waals surface area (Å²) in [6.07, 6.45) is 5.08. The Morgan fingerprint density at radius 2 is 1.32 bits per heavy atom. The van der Waals surface area contributed by atoms with Crippen molar-refractivity contribution in [2.45, 2.75) is 51.6 Å². The first-order valence-electron chi connectivity index (χ1n) is 13.3. The number of nitrogens with zero attached hydrogens (tertiary/aromatic N) is 1. The Bertz CT molecular complexity index is 1050. The van der Waals surface area contributed by atoms with Gasteiger partial charge in [0.2, 0.25) is 0 Å². The zero-order chi connectivity index (χ0) is 26.2. The topological polar surface area (TPSA) is 108 Å². The summed E-state index contributed by atoms with van der Waals surface area (Å²) in [6.45, 7) is 5.05. The molecule has 0 radical (unpaired) electrons. The van der Waals surface area contributed by atoms with Gasteiger partial charge in [-0.15, -0.1) is 0 Å². The maximum Gasteiger partial charge on any atom is 0.306 e. The lowest BCUT2D eigenvalue weighted by atomic mass is 9.87. The summed E-state index contributed by atoms with van der Waals surface area (Å²) >= 11 is 0. The van der Waals surface area contributed by atoms with Gasteiger partial charge in [-0.3, -0.25) is 14.4 Å². The van der Waals surface area contributed by atoms with Crippen LogP contribution in [-0.2, 0) is 4.79 Å². The van der Waals surface area contributed by atoms with Crippen LogP contribution < -0.4 is 20.3 Å². The van der Waals surface area contributed by atoms with Crippen LogP contribution in [0.2, 0.25) is 0 Å². The first-order valence-corrected chi connectivity index (χ1v) is 13.3. The number of hydrogen-bond donors (Lipinski definition) is 3. The highest BCUT2D eigenvalue weighted by Gasteiger charge is 2.27. The van der Waals surface area contributed by atoms with E-state index in [0.717, 1.165) is 24.7 Å². The van der Waals surface area contributed by atoms with E-state index in [1.165, 1.54) is 12.8 Å². The van der Waals surface area contributed by atoms with E-state index in [2.05, 4.69) is 22.5 Å². The summed E-state index contributed by atoms with van der Waals surface area (Å²) in [4.78, 5) is 38.4. The number of aliphatic carboxylic acids is 1. The fourth-order valence-corrected chi connectivity index (χ4v) is 4.95. The highest BCUT2D eigenvalue weighted by atomic mass is 16.5. The second-order valence-corrected chi connectivity index (χ2v) is 10.2. The van der Waals surface area contributed by atoms with Crippen molar-refractivity contribution < 1.29 is 24.2 Å². The molecule has 1 saturated heterocycles. The van der Waals surface area contributed by atoms with Gasteiger partial charge in [-0.25, -0.2) is 0 Å². The Balaban J connectivity index is 1.15. The van der Waals surface area contributed by atoms with E-state index < -0.39 is 5.97 Å². The molecule has 37 heavy (non-hydrogen) atoms. The van der Waals surface area contributed by atoms with Crippen LogP contribution in [0.15, 0.2) is 48.5 Å². The number of carboxylic acids is 1. The van der Waals surface area contributed by atoms with E-state index in [0.29, 0.717) is 55.6 Å². The van der Waals surface area contributed by atoms with Gasteiger partial charge < -0.3 is 25.4 Å². The molecule has 1 aliphatic carbocycles. The van der Waals surface area contributed by atoms with Crippen LogP contribution in [-0.4, -0.2) is 55.2 Å². The lowest BCUT2D eigenvalue weighted by Crippen LogP contribution is -2.35. The molecule has 0 bridgehead atoms. The lowest BCUT2D eigenvalue weighted by Gasteiger charge is -2.32. The molecule has 2 aromatic carbocycles. The predicted molar refractivity (Wildman–Crippen MR) is 142 cm³/mol. The molecule has 4 rings (SSSR count). The van der Waals surface area contributed by atoms with Crippen LogP contribution in [0.5, 0.6) is 5.75 Å². The number of anilines is 1. The number of ether oxygens (including phenoxy) is 1. The molecule has 1 saturated carbocycles. The van der Waals surface area contributed by atoms with Crippen LogP contribution in [0.3, 0.4) is 0 Å². The number of amides is 2. The van der Waals surface area contributed by atoms with Crippen molar-refractivity contribution in [3.63, 3.8) is 0 Å². The fraction of sp³-hybridized carbons (Fsp3) is 0.483. The van der Waals surface area contributed by atoms with E-state index in [4.69, 9.17) is 9.84 Å². The zero-order valence-corrected chi connectivity index (χ0v) is 21.4. The Kier molecular flexibility index (Phi) is 9.04. The molecule has 8 nitrogen and oxygen atoms in total. The van der Waals surface area contributed by atoms with Gasteiger partial charge in [-0.1, -0.05) is 6.92 Å². The molecule has 2 fully saturated rings. The Hall–Kier alpha value is -3.55. The maximum atomic E-state index is 12.5. The summed E-state index contributed by atoms with van der Waals surface area (Å²) < 4.78 is 5.96. The van der Waals surface area contributed by atoms with Crippen LogP contribution in [0, 0.1) is 11.8 Å². The highest BCUT2D eigenvalue weighted by molar-refractivity contribution is 5.95. The number of rotatable bonds is 9. The van der Waals surface area contributed by atoms with Crippen molar-refractivity contribution in [3.8, 4) is 5.75 Å².